The normalized spacial score (nSPS) is 21.2. The monoisotopic (exact) mass is 280 g/mol. The molecule has 0 amide bonds. The molecule has 1 aromatic carbocycles. The maximum absolute atomic E-state index is 13.0. The van der Waals surface area contributed by atoms with Crippen LogP contribution in [0.4, 0.5) is 4.39 Å². The molecule has 2 rings (SSSR count). The van der Waals surface area contributed by atoms with Crippen molar-refractivity contribution in [2.75, 3.05) is 26.2 Å². The lowest BCUT2D eigenvalue weighted by atomic mass is 10.0. The molecule has 0 spiro atoms. The van der Waals surface area contributed by atoms with Crippen molar-refractivity contribution in [2.45, 2.75) is 38.3 Å². The fourth-order valence-electron chi connectivity index (χ4n) is 3.02. The Kier molecular flexibility index (Phi) is 5.95. The summed E-state index contributed by atoms with van der Waals surface area (Å²) in [5, 5.41) is 12.8. The number of nitrogens with one attached hydrogen (secondary N) is 1. The summed E-state index contributed by atoms with van der Waals surface area (Å²) in [5.41, 5.74) is 1.13. The lowest BCUT2D eigenvalue weighted by Gasteiger charge is -2.26. The number of hydrogen-bond acceptors (Lipinski definition) is 3. The van der Waals surface area contributed by atoms with Gasteiger partial charge in [-0.1, -0.05) is 19.1 Å². The molecule has 1 saturated heterocycles. The van der Waals surface area contributed by atoms with Crippen LogP contribution in [0.15, 0.2) is 24.3 Å². The van der Waals surface area contributed by atoms with Crippen LogP contribution in [0.3, 0.4) is 0 Å². The third kappa shape index (κ3) is 4.01. The summed E-state index contributed by atoms with van der Waals surface area (Å²) >= 11 is 0. The van der Waals surface area contributed by atoms with E-state index in [1.807, 2.05) is 12.1 Å². The van der Waals surface area contributed by atoms with Crippen LogP contribution in [0.5, 0.6) is 0 Å². The summed E-state index contributed by atoms with van der Waals surface area (Å²) in [6.45, 7) is 5.28. The second kappa shape index (κ2) is 7.72. The number of aliphatic hydroxyl groups excluding tert-OH is 1. The van der Waals surface area contributed by atoms with Crippen molar-refractivity contribution in [3.8, 4) is 0 Å². The second-order valence-corrected chi connectivity index (χ2v) is 5.47. The zero-order valence-electron chi connectivity index (χ0n) is 12.2. The molecule has 1 aromatic rings. The van der Waals surface area contributed by atoms with Crippen LogP contribution in [0, 0.1) is 5.82 Å². The molecule has 2 unspecified atom stereocenters. The molecular formula is C16H25FN2O. The molecular weight excluding hydrogens is 255 g/mol. The highest BCUT2D eigenvalue weighted by atomic mass is 19.1. The van der Waals surface area contributed by atoms with Crippen LogP contribution < -0.4 is 5.32 Å². The zero-order valence-corrected chi connectivity index (χ0v) is 12.2. The fourth-order valence-corrected chi connectivity index (χ4v) is 3.02. The maximum Gasteiger partial charge on any atom is 0.123 e. The van der Waals surface area contributed by atoms with Gasteiger partial charge in [-0.25, -0.2) is 4.39 Å². The highest BCUT2D eigenvalue weighted by molar-refractivity contribution is 5.20. The highest BCUT2D eigenvalue weighted by Crippen LogP contribution is 2.22. The van der Waals surface area contributed by atoms with Crippen molar-refractivity contribution in [3.63, 3.8) is 0 Å². The first-order chi connectivity index (χ1) is 9.74. The average Bonchev–Trinajstić information content (AvgIpc) is 2.92. The first kappa shape index (κ1) is 15.4. The Morgan fingerprint density at radius 3 is 2.80 bits per heavy atom. The molecule has 2 N–H and O–H groups in total. The molecule has 1 aliphatic rings. The first-order valence-corrected chi connectivity index (χ1v) is 7.58. The van der Waals surface area contributed by atoms with Crippen LogP contribution >= 0.6 is 0 Å². The van der Waals surface area contributed by atoms with Gasteiger partial charge in [0, 0.05) is 18.6 Å². The Labute approximate surface area is 120 Å². The van der Waals surface area contributed by atoms with Gasteiger partial charge in [-0.3, -0.25) is 4.90 Å². The Hall–Kier alpha value is -0.970. The van der Waals surface area contributed by atoms with E-state index in [9.17, 15) is 9.50 Å². The van der Waals surface area contributed by atoms with E-state index in [0.29, 0.717) is 6.04 Å². The summed E-state index contributed by atoms with van der Waals surface area (Å²) < 4.78 is 13.0. The third-order valence-electron chi connectivity index (χ3n) is 4.14. The minimum absolute atomic E-state index is 0.191. The van der Waals surface area contributed by atoms with Crippen molar-refractivity contribution >= 4 is 0 Å². The number of aliphatic hydroxyl groups is 1. The summed E-state index contributed by atoms with van der Waals surface area (Å²) in [6, 6.07) is 7.33. The maximum atomic E-state index is 13.0. The molecule has 0 aromatic heterocycles. The molecule has 0 saturated carbocycles. The fraction of sp³-hybridized carbons (Fsp3) is 0.625. The van der Waals surface area contributed by atoms with Gasteiger partial charge < -0.3 is 10.4 Å². The average molecular weight is 280 g/mol. The van der Waals surface area contributed by atoms with E-state index in [4.69, 9.17) is 0 Å². The number of likely N-dealkylation sites (tertiary alicyclic amines) is 1. The quantitative estimate of drug-likeness (QED) is 0.804. The molecule has 4 heteroatoms. The van der Waals surface area contributed by atoms with Gasteiger partial charge in [0.1, 0.15) is 5.82 Å². The summed E-state index contributed by atoms with van der Waals surface area (Å²) in [6.07, 6.45) is 3.25. The summed E-state index contributed by atoms with van der Waals surface area (Å²) in [7, 11) is 0. The number of halogens is 1. The molecule has 1 heterocycles. The van der Waals surface area contributed by atoms with Crippen LogP contribution in [-0.4, -0.2) is 42.3 Å². The number of nitrogens with zero attached hydrogens (tertiary/aromatic N) is 1. The van der Waals surface area contributed by atoms with Gasteiger partial charge in [0.2, 0.25) is 0 Å². The number of hydrogen-bond donors (Lipinski definition) is 2. The van der Waals surface area contributed by atoms with E-state index in [1.165, 1.54) is 18.6 Å². The van der Waals surface area contributed by atoms with Crippen LogP contribution in [0.1, 0.15) is 37.8 Å². The predicted octanol–water partition coefficient (Wildman–Crippen LogP) is 2.32. The largest absolute Gasteiger partial charge is 0.395 e. The molecule has 0 radical (unpaired) electrons. The number of rotatable bonds is 7. The highest BCUT2D eigenvalue weighted by Gasteiger charge is 2.24. The first-order valence-electron chi connectivity index (χ1n) is 7.58. The summed E-state index contributed by atoms with van der Waals surface area (Å²) in [4.78, 5) is 2.37. The van der Waals surface area contributed by atoms with Gasteiger partial charge in [-0.15, -0.1) is 0 Å². The molecule has 1 aliphatic heterocycles. The van der Waals surface area contributed by atoms with Crippen molar-refractivity contribution in [3.05, 3.63) is 35.6 Å². The zero-order chi connectivity index (χ0) is 14.4. The van der Waals surface area contributed by atoms with Crippen molar-refractivity contribution in [1.29, 1.82) is 0 Å². The third-order valence-corrected chi connectivity index (χ3v) is 4.14. The van der Waals surface area contributed by atoms with Gasteiger partial charge in [0.25, 0.3) is 0 Å². The molecule has 2 atom stereocenters. The molecule has 3 nitrogen and oxygen atoms in total. The number of benzene rings is 1. The Morgan fingerprint density at radius 1 is 1.40 bits per heavy atom. The Bertz CT molecular complexity index is 396. The van der Waals surface area contributed by atoms with E-state index in [2.05, 4.69) is 17.1 Å². The second-order valence-electron chi connectivity index (χ2n) is 5.47. The minimum Gasteiger partial charge on any atom is -0.395 e. The molecule has 20 heavy (non-hydrogen) atoms. The van der Waals surface area contributed by atoms with E-state index in [0.717, 1.165) is 38.0 Å². The smallest absolute Gasteiger partial charge is 0.123 e. The van der Waals surface area contributed by atoms with Crippen molar-refractivity contribution in [1.82, 2.24) is 10.2 Å². The molecule has 0 bridgehead atoms. The van der Waals surface area contributed by atoms with Gasteiger partial charge in [0.15, 0.2) is 0 Å². The van der Waals surface area contributed by atoms with E-state index in [-0.39, 0.29) is 18.5 Å². The summed E-state index contributed by atoms with van der Waals surface area (Å²) in [5.74, 6) is -0.191. The van der Waals surface area contributed by atoms with Gasteiger partial charge in [0.05, 0.1) is 6.61 Å². The minimum atomic E-state index is -0.191. The Balaban J connectivity index is 1.93. The molecule has 0 aliphatic carbocycles. The van der Waals surface area contributed by atoms with Crippen LogP contribution in [-0.2, 0) is 0 Å². The van der Waals surface area contributed by atoms with Gasteiger partial charge in [-0.2, -0.15) is 0 Å². The van der Waals surface area contributed by atoms with E-state index < -0.39 is 0 Å². The van der Waals surface area contributed by atoms with Gasteiger partial charge >= 0.3 is 0 Å². The van der Waals surface area contributed by atoms with Crippen molar-refractivity contribution in [2.24, 2.45) is 0 Å². The van der Waals surface area contributed by atoms with E-state index >= 15 is 0 Å². The Morgan fingerprint density at radius 2 is 2.15 bits per heavy atom. The SMILES string of the molecule is CCNC(CCN1CCCC1CO)c1ccc(F)cc1. The molecule has 112 valence electrons. The lowest BCUT2D eigenvalue weighted by Crippen LogP contribution is -2.35. The van der Waals surface area contributed by atoms with Gasteiger partial charge in [-0.05, 0) is 50.0 Å². The topological polar surface area (TPSA) is 35.5 Å². The standard InChI is InChI=1S/C16H25FN2O/c1-2-18-16(13-5-7-14(17)8-6-13)9-11-19-10-3-4-15(19)12-20/h5-8,15-16,18,20H,2-4,9-12H2,1H3. The molecule has 1 fully saturated rings. The predicted molar refractivity (Wildman–Crippen MR) is 79.1 cm³/mol. The van der Waals surface area contributed by atoms with Crippen LogP contribution in [0.2, 0.25) is 0 Å². The van der Waals surface area contributed by atoms with E-state index in [1.54, 1.807) is 0 Å². The lowest BCUT2D eigenvalue weighted by molar-refractivity contribution is 0.154. The van der Waals surface area contributed by atoms with Crippen LogP contribution in [0.25, 0.3) is 0 Å². The van der Waals surface area contributed by atoms with Crippen molar-refractivity contribution < 1.29 is 9.50 Å².